The van der Waals surface area contributed by atoms with Crippen molar-refractivity contribution in [3.63, 3.8) is 0 Å². The summed E-state index contributed by atoms with van der Waals surface area (Å²) in [6, 6.07) is 6.10. The van der Waals surface area contributed by atoms with Crippen LogP contribution in [0.5, 0.6) is 0 Å². The summed E-state index contributed by atoms with van der Waals surface area (Å²) in [4.78, 5) is 17.6. The van der Waals surface area contributed by atoms with Crippen molar-refractivity contribution in [2.75, 3.05) is 37.5 Å². The van der Waals surface area contributed by atoms with Crippen molar-refractivity contribution in [2.24, 2.45) is 0 Å². The van der Waals surface area contributed by atoms with Gasteiger partial charge < -0.3 is 20.3 Å². The van der Waals surface area contributed by atoms with E-state index in [0.717, 1.165) is 43.6 Å². The molecular formula is C20H26FN5O2. The minimum Gasteiger partial charge on any atom is -0.478 e. The maximum atomic E-state index is 13.9. The summed E-state index contributed by atoms with van der Waals surface area (Å²) >= 11 is 0. The van der Waals surface area contributed by atoms with Crippen molar-refractivity contribution in [1.82, 2.24) is 15.3 Å². The molecule has 150 valence electrons. The van der Waals surface area contributed by atoms with Gasteiger partial charge in [0.05, 0.1) is 23.1 Å². The van der Waals surface area contributed by atoms with Gasteiger partial charge in [-0.1, -0.05) is 6.42 Å². The molecule has 1 aromatic heterocycles. The van der Waals surface area contributed by atoms with E-state index in [4.69, 9.17) is 0 Å². The Labute approximate surface area is 164 Å². The Balaban J connectivity index is 1.72. The molecule has 7 nitrogen and oxygen atoms in total. The first-order valence-electron chi connectivity index (χ1n) is 9.37. The van der Waals surface area contributed by atoms with E-state index in [1.165, 1.54) is 30.6 Å². The van der Waals surface area contributed by atoms with Crippen LogP contribution in [0.25, 0.3) is 0 Å². The van der Waals surface area contributed by atoms with E-state index in [1.54, 1.807) is 6.07 Å². The number of pyridine rings is 1. The number of rotatable bonds is 9. The van der Waals surface area contributed by atoms with Crippen LogP contribution in [0.2, 0.25) is 0 Å². The molecule has 1 atom stereocenters. The van der Waals surface area contributed by atoms with Gasteiger partial charge in [-0.05, 0) is 57.7 Å². The fourth-order valence-electron chi connectivity index (χ4n) is 3.32. The average Bonchev–Trinajstić information content (AvgIpc) is 2.98. The zero-order valence-corrected chi connectivity index (χ0v) is 16.2. The van der Waals surface area contributed by atoms with Crippen molar-refractivity contribution in [2.45, 2.75) is 25.4 Å². The van der Waals surface area contributed by atoms with Crippen LogP contribution in [0.15, 0.2) is 36.7 Å². The largest absolute Gasteiger partial charge is 0.478 e. The Bertz CT molecular complexity index is 830. The Morgan fingerprint density at radius 3 is 2.89 bits per heavy atom. The molecule has 3 rings (SSSR count). The molecule has 0 aliphatic carbocycles. The lowest BCUT2D eigenvalue weighted by Gasteiger charge is -2.22. The number of carbonyl (C=O) groups is 1. The smallest absolute Gasteiger partial charge is 0.337 e. The molecule has 0 radical (unpaired) electrons. The first-order chi connectivity index (χ1) is 13.5. The molecule has 8 heteroatoms. The van der Waals surface area contributed by atoms with Crippen LogP contribution in [0.1, 0.15) is 41.3 Å². The molecule has 0 amide bonds. The number of unbranched alkanes of at least 4 members (excludes halogenated alkanes) is 2. The van der Waals surface area contributed by atoms with E-state index >= 15 is 0 Å². The predicted molar refractivity (Wildman–Crippen MR) is 107 cm³/mol. The van der Waals surface area contributed by atoms with E-state index in [1.807, 2.05) is 5.01 Å². The maximum Gasteiger partial charge on any atom is 0.337 e. The fourth-order valence-corrected chi connectivity index (χ4v) is 3.32. The van der Waals surface area contributed by atoms with Gasteiger partial charge in [0.15, 0.2) is 0 Å². The van der Waals surface area contributed by atoms with Crippen molar-refractivity contribution in [1.29, 1.82) is 0 Å². The number of carboxylic acids is 1. The van der Waals surface area contributed by atoms with Gasteiger partial charge in [-0.25, -0.2) is 14.6 Å². The number of anilines is 2. The topological polar surface area (TPSA) is 80.7 Å². The van der Waals surface area contributed by atoms with Gasteiger partial charge in [-0.15, -0.1) is 0 Å². The predicted octanol–water partition coefficient (Wildman–Crippen LogP) is 3.09. The maximum absolute atomic E-state index is 13.9. The number of nitrogens with zero attached hydrogens (tertiary/aromatic N) is 3. The summed E-state index contributed by atoms with van der Waals surface area (Å²) < 4.78 is 13.9. The number of hydrogen-bond acceptors (Lipinski definition) is 6. The minimum atomic E-state index is -1.04. The molecule has 1 aliphatic rings. The second-order valence-electron chi connectivity index (χ2n) is 7.15. The van der Waals surface area contributed by atoms with Crippen LogP contribution in [0.4, 0.5) is 15.8 Å². The highest BCUT2D eigenvalue weighted by Gasteiger charge is 2.29. The molecule has 1 unspecified atom stereocenters. The highest BCUT2D eigenvalue weighted by Crippen LogP contribution is 2.34. The number of hydrazine groups is 1. The van der Waals surface area contributed by atoms with Crippen LogP contribution in [0, 0.1) is 5.82 Å². The van der Waals surface area contributed by atoms with Crippen molar-refractivity contribution >= 4 is 17.3 Å². The number of aromatic nitrogens is 1. The number of fused-ring (bicyclic) bond motifs is 1. The fraction of sp³-hybridized carbons (Fsp3) is 0.400. The molecule has 28 heavy (non-hydrogen) atoms. The van der Waals surface area contributed by atoms with E-state index in [-0.39, 0.29) is 11.4 Å². The lowest BCUT2D eigenvalue weighted by molar-refractivity contribution is 0.0697. The molecular weight excluding hydrogens is 361 g/mol. The molecule has 0 bridgehead atoms. The van der Waals surface area contributed by atoms with E-state index in [0.29, 0.717) is 5.69 Å². The van der Waals surface area contributed by atoms with Gasteiger partial charge in [0, 0.05) is 18.3 Å². The molecule has 0 fully saturated rings. The van der Waals surface area contributed by atoms with Crippen LogP contribution in [0.3, 0.4) is 0 Å². The molecule has 1 aliphatic heterocycles. The summed E-state index contributed by atoms with van der Waals surface area (Å²) in [6.45, 7) is 1.83. The Morgan fingerprint density at radius 2 is 2.14 bits per heavy atom. The van der Waals surface area contributed by atoms with Crippen LogP contribution >= 0.6 is 0 Å². The highest BCUT2D eigenvalue weighted by molar-refractivity contribution is 5.94. The number of halogens is 1. The van der Waals surface area contributed by atoms with E-state index < -0.39 is 12.1 Å². The monoisotopic (exact) mass is 387 g/mol. The normalized spacial score (nSPS) is 15.7. The summed E-state index contributed by atoms with van der Waals surface area (Å²) in [7, 11) is 4.12. The average molecular weight is 387 g/mol. The Kier molecular flexibility index (Phi) is 6.43. The van der Waals surface area contributed by atoms with Gasteiger partial charge in [0.1, 0.15) is 12.0 Å². The minimum absolute atomic E-state index is 0.122. The van der Waals surface area contributed by atoms with Gasteiger partial charge in [0.25, 0.3) is 0 Å². The number of hydrogen-bond donors (Lipinski definition) is 3. The lowest BCUT2D eigenvalue weighted by atomic mass is 10.1. The summed E-state index contributed by atoms with van der Waals surface area (Å²) in [5.41, 5.74) is 5.47. The molecule has 0 spiro atoms. The van der Waals surface area contributed by atoms with Gasteiger partial charge in [-0.2, -0.15) is 0 Å². The van der Waals surface area contributed by atoms with Crippen molar-refractivity contribution < 1.29 is 14.3 Å². The third-order valence-corrected chi connectivity index (χ3v) is 4.71. The van der Waals surface area contributed by atoms with Crippen molar-refractivity contribution in [3.8, 4) is 0 Å². The summed E-state index contributed by atoms with van der Waals surface area (Å²) in [5.74, 6) is -1.37. The first kappa shape index (κ1) is 20.0. The second kappa shape index (κ2) is 8.99. The summed E-state index contributed by atoms with van der Waals surface area (Å²) in [6.07, 6.45) is 5.68. The number of nitrogens with one attached hydrogen (secondary N) is 2. The Morgan fingerprint density at radius 1 is 1.32 bits per heavy atom. The molecule has 0 saturated carbocycles. The molecule has 0 saturated heterocycles. The molecule has 3 N–H and O–H groups in total. The van der Waals surface area contributed by atoms with Crippen LogP contribution < -0.4 is 15.8 Å². The van der Waals surface area contributed by atoms with Crippen LogP contribution in [-0.2, 0) is 0 Å². The molecule has 2 aromatic rings. The first-order valence-corrected chi connectivity index (χ1v) is 9.37. The zero-order chi connectivity index (χ0) is 20.1. The van der Waals surface area contributed by atoms with Gasteiger partial charge >= 0.3 is 5.97 Å². The summed E-state index contributed by atoms with van der Waals surface area (Å²) in [5, 5.41) is 14.5. The second-order valence-corrected chi connectivity index (χ2v) is 7.15. The molecule has 1 aromatic carbocycles. The third-order valence-electron chi connectivity index (χ3n) is 4.71. The van der Waals surface area contributed by atoms with Crippen molar-refractivity contribution in [3.05, 3.63) is 53.6 Å². The number of aromatic carboxylic acids is 1. The molecule has 2 heterocycles. The van der Waals surface area contributed by atoms with E-state index in [2.05, 4.69) is 34.7 Å². The van der Waals surface area contributed by atoms with Gasteiger partial charge in [0.2, 0.25) is 0 Å². The SMILES string of the molecule is CN(C)CCCCCN1NC(Nc2cnccc2C(=O)O)c2cc(F)ccc21. The quantitative estimate of drug-likeness (QED) is 0.571. The third kappa shape index (κ3) is 4.76. The highest BCUT2D eigenvalue weighted by atomic mass is 19.1. The number of carboxylic acid groups (broad SMARTS) is 1. The zero-order valence-electron chi connectivity index (χ0n) is 16.2. The standard InChI is InChI=1S/C20H26FN5O2/c1-25(2)10-4-3-5-11-26-18-7-6-14(21)12-16(18)19(24-26)23-17-13-22-9-8-15(17)20(27)28/h6-9,12-13,19,23-24H,3-5,10-11H2,1-2H3,(H,27,28). The number of benzene rings is 1. The van der Waals surface area contributed by atoms with Gasteiger partial charge in [-0.3, -0.25) is 4.98 Å². The Hall–Kier alpha value is -2.71. The lowest BCUT2D eigenvalue weighted by Crippen LogP contribution is -2.38. The van der Waals surface area contributed by atoms with Crippen LogP contribution in [-0.4, -0.2) is 48.1 Å². The van der Waals surface area contributed by atoms with E-state index in [9.17, 15) is 14.3 Å².